The molecule has 0 aliphatic carbocycles. The first-order valence-corrected chi connectivity index (χ1v) is 10.2. The number of ether oxygens (including phenoxy) is 1. The second kappa shape index (κ2) is 10.4. The van der Waals surface area contributed by atoms with Crippen LogP contribution in [0.15, 0.2) is 54.6 Å². The highest BCUT2D eigenvalue weighted by Crippen LogP contribution is 2.20. The van der Waals surface area contributed by atoms with E-state index in [1.807, 2.05) is 30.3 Å². The molecule has 0 unspecified atom stereocenters. The molecule has 2 N–H and O–H groups in total. The summed E-state index contributed by atoms with van der Waals surface area (Å²) in [5.74, 6) is -0.102. The Hall–Kier alpha value is -3.35. The van der Waals surface area contributed by atoms with E-state index in [2.05, 4.69) is 10.6 Å². The molecule has 1 heterocycles. The van der Waals surface area contributed by atoms with Gasteiger partial charge in [0.25, 0.3) is 5.91 Å². The van der Waals surface area contributed by atoms with Crippen molar-refractivity contribution >= 4 is 23.6 Å². The first-order chi connectivity index (χ1) is 14.6. The first kappa shape index (κ1) is 21.4. The van der Waals surface area contributed by atoms with E-state index in [4.69, 9.17) is 4.74 Å². The molecule has 30 heavy (non-hydrogen) atoms. The van der Waals surface area contributed by atoms with Crippen LogP contribution >= 0.6 is 0 Å². The van der Waals surface area contributed by atoms with Crippen molar-refractivity contribution < 1.29 is 19.1 Å². The molecule has 158 valence electrons. The number of rotatable bonds is 6. The lowest BCUT2D eigenvalue weighted by Gasteiger charge is -2.31. The van der Waals surface area contributed by atoms with Gasteiger partial charge in [0.1, 0.15) is 0 Å². The van der Waals surface area contributed by atoms with Crippen molar-refractivity contribution in [1.82, 2.24) is 10.2 Å². The molecule has 0 saturated carbocycles. The van der Waals surface area contributed by atoms with E-state index < -0.39 is 6.09 Å². The zero-order valence-corrected chi connectivity index (χ0v) is 17.1. The summed E-state index contributed by atoms with van der Waals surface area (Å²) in [6.07, 6.45) is 0.771. The van der Waals surface area contributed by atoms with Crippen LogP contribution in [-0.4, -0.2) is 42.5 Å². The zero-order chi connectivity index (χ0) is 21.3. The van der Waals surface area contributed by atoms with Crippen LogP contribution in [0.25, 0.3) is 0 Å². The quantitative estimate of drug-likeness (QED) is 0.765. The fourth-order valence-corrected chi connectivity index (χ4v) is 3.44. The molecule has 3 amide bonds. The maximum Gasteiger partial charge on any atom is 0.411 e. The molecule has 0 atom stereocenters. The van der Waals surface area contributed by atoms with Crippen molar-refractivity contribution in [3.63, 3.8) is 0 Å². The third-order valence-electron chi connectivity index (χ3n) is 5.12. The molecule has 7 heteroatoms. The highest BCUT2D eigenvalue weighted by molar-refractivity contribution is 5.95. The monoisotopic (exact) mass is 409 g/mol. The molecule has 1 aliphatic heterocycles. The fraction of sp³-hybridized carbons (Fsp3) is 0.348. The Morgan fingerprint density at radius 2 is 1.67 bits per heavy atom. The van der Waals surface area contributed by atoms with Crippen LogP contribution < -0.4 is 10.6 Å². The van der Waals surface area contributed by atoms with Gasteiger partial charge in [-0.25, -0.2) is 4.79 Å². The molecule has 0 spiro atoms. The van der Waals surface area contributed by atoms with Crippen LogP contribution in [0.1, 0.15) is 35.7 Å². The zero-order valence-electron chi connectivity index (χ0n) is 17.1. The smallest absolute Gasteiger partial charge is 0.411 e. The molecule has 3 rings (SSSR count). The number of nitrogens with one attached hydrogen (secondary N) is 2. The lowest BCUT2D eigenvalue weighted by molar-refractivity contribution is -0.126. The van der Waals surface area contributed by atoms with Gasteiger partial charge in [0.05, 0.1) is 6.61 Å². The largest absolute Gasteiger partial charge is 0.450 e. The molecule has 0 bridgehead atoms. The number of anilines is 1. The van der Waals surface area contributed by atoms with Crippen molar-refractivity contribution in [2.75, 3.05) is 25.0 Å². The molecule has 2 aromatic rings. The molecule has 1 saturated heterocycles. The van der Waals surface area contributed by atoms with Gasteiger partial charge in [0.2, 0.25) is 5.91 Å². The lowest BCUT2D eigenvalue weighted by Crippen LogP contribution is -2.42. The van der Waals surface area contributed by atoms with E-state index in [0.717, 1.165) is 5.56 Å². The van der Waals surface area contributed by atoms with Crippen LogP contribution in [-0.2, 0) is 16.1 Å². The second-order valence-corrected chi connectivity index (χ2v) is 7.19. The van der Waals surface area contributed by atoms with Gasteiger partial charge in [-0.15, -0.1) is 0 Å². The molecular weight excluding hydrogens is 382 g/mol. The molecule has 7 nitrogen and oxygen atoms in total. The standard InChI is InChI=1S/C23H27N3O4/c1-2-30-23(29)25-20-10-8-19(9-11-20)22(28)26-14-12-18(13-15-26)21(27)24-16-17-6-4-3-5-7-17/h3-11,18H,2,12-16H2,1H3,(H,24,27)(H,25,29). The highest BCUT2D eigenvalue weighted by atomic mass is 16.5. The summed E-state index contributed by atoms with van der Waals surface area (Å²) < 4.78 is 4.83. The number of carbonyl (C=O) groups is 3. The number of hydrogen-bond acceptors (Lipinski definition) is 4. The summed E-state index contributed by atoms with van der Waals surface area (Å²) in [6.45, 7) is 3.64. The molecule has 0 radical (unpaired) electrons. The van der Waals surface area contributed by atoms with Crippen molar-refractivity contribution in [3.05, 3.63) is 65.7 Å². The molecule has 1 aliphatic rings. The number of nitrogens with zero attached hydrogens (tertiary/aromatic N) is 1. The first-order valence-electron chi connectivity index (χ1n) is 10.2. The number of hydrogen-bond donors (Lipinski definition) is 2. The number of piperidine rings is 1. The Kier molecular flexibility index (Phi) is 7.43. The van der Waals surface area contributed by atoms with Crippen LogP contribution in [0.2, 0.25) is 0 Å². The van der Waals surface area contributed by atoms with Crippen molar-refractivity contribution in [2.24, 2.45) is 5.92 Å². The average molecular weight is 409 g/mol. The van der Waals surface area contributed by atoms with Gasteiger partial charge < -0.3 is 15.0 Å². The number of benzene rings is 2. The minimum Gasteiger partial charge on any atom is -0.450 e. The maximum atomic E-state index is 12.7. The fourth-order valence-electron chi connectivity index (χ4n) is 3.44. The van der Waals surface area contributed by atoms with Gasteiger partial charge in [-0.3, -0.25) is 14.9 Å². The summed E-state index contributed by atoms with van der Waals surface area (Å²) in [6, 6.07) is 16.5. The molecule has 2 aromatic carbocycles. The summed E-state index contributed by atoms with van der Waals surface area (Å²) >= 11 is 0. The number of amides is 3. The maximum absolute atomic E-state index is 12.7. The van der Waals surface area contributed by atoms with Crippen molar-refractivity contribution in [1.29, 1.82) is 0 Å². The van der Waals surface area contributed by atoms with Crippen molar-refractivity contribution in [3.8, 4) is 0 Å². The van der Waals surface area contributed by atoms with E-state index in [-0.39, 0.29) is 17.7 Å². The Bertz CT molecular complexity index is 860. The molecule has 0 aromatic heterocycles. The number of carbonyl (C=O) groups excluding carboxylic acids is 3. The predicted octanol–water partition coefficient (Wildman–Crippen LogP) is 3.42. The van der Waals surface area contributed by atoms with Gasteiger partial charge in [0, 0.05) is 36.8 Å². The Balaban J connectivity index is 1.46. The second-order valence-electron chi connectivity index (χ2n) is 7.19. The van der Waals surface area contributed by atoms with E-state index >= 15 is 0 Å². The Morgan fingerprint density at radius 1 is 1.00 bits per heavy atom. The summed E-state index contributed by atoms with van der Waals surface area (Å²) in [5.41, 5.74) is 2.19. The lowest BCUT2D eigenvalue weighted by atomic mass is 9.95. The van der Waals surface area contributed by atoms with Gasteiger partial charge in [0.15, 0.2) is 0 Å². The summed E-state index contributed by atoms with van der Waals surface area (Å²) in [5, 5.41) is 5.59. The van der Waals surface area contributed by atoms with E-state index in [1.165, 1.54) is 0 Å². The van der Waals surface area contributed by atoms with E-state index in [0.29, 0.717) is 50.3 Å². The van der Waals surface area contributed by atoms with Gasteiger partial charge in [-0.2, -0.15) is 0 Å². The summed E-state index contributed by atoms with van der Waals surface area (Å²) in [7, 11) is 0. The van der Waals surface area contributed by atoms with Gasteiger partial charge in [-0.1, -0.05) is 30.3 Å². The Morgan fingerprint density at radius 3 is 2.30 bits per heavy atom. The van der Waals surface area contributed by atoms with Crippen molar-refractivity contribution in [2.45, 2.75) is 26.3 Å². The normalized spacial score (nSPS) is 14.1. The molecule has 1 fully saturated rings. The van der Waals surface area contributed by atoms with E-state index in [9.17, 15) is 14.4 Å². The molecular formula is C23H27N3O4. The summed E-state index contributed by atoms with van der Waals surface area (Å²) in [4.78, 5) is 38.4. The van der Waals surface area contributed by atoms with Gasteiger partial charge >= 0.3 is 6.09 Å². The number of likely N-dealkylation sites (tertiary alicyclic amines) is 1. The minimum absolute atomic E-state index is 0.0420. The van der Waals surface area contributed by atoms with Crippen LogP contribution in [0.5, 0.6) is 0 Å². The minimum atomic E-state index is -0.524. The Labute approximate surface area is 176 Å². The average Bonchev–Trinajstić information content (AvgIpc) is 2.78. The predicted molar refractivity (Wildman–Crippen MR) is 114 cm³/mol. The van der Waals surface area contributed by atoms with Crippen LogP contribution in [0, 0.1) is 5.92 Å². The third kappa shape index (κ3) is 5.83. The van der Waals surface area contributed by atoms with Crippen LogP contribution in [0.3, 0.4) is 0 Å². The highest BCUT2D eigenvalue weighted by Gasteiger charge is 2.27. The van der Waals surface area contributed by atoms with Gasteiger partial charge in [-0.05, 0) is 49.6 Å². The third-order valence-corrected chi connectivity index (χ3v) is 5.12. The SMILES string of the molecule is CCOC(=O)Nc1ccc(C(=O)N2CCC(C(=O)NCc3ccccc3)CC2)cc1. The topological polar surface area (TPSA) is 87.7 Å². The van der Waals surface area contributed by atoms with Crippen LogP contribution in [0.4, 0.5) is 10.5 Å². The van der Waals surface area contributed by atoms with E-state index in [1.54, 1.807) is 36.1 Å².